The lowest BCUT2D eigenvalue weighted by Crippen LogP contribution is -2.31. The van der Waals surface area contributed by atoms with E-state index >= 15 is 0 Å². The van der Waals surface area contributed by atoms with E-state index in [4.69, 9.17) is 20.4 Å². The van der Waals surface area contributed by atoms with Gasteiger partial charge in [0.2, 0.25) is 0 Å². The summed E-state index contributed by atoms with van der Waals surface area (Å²) in [5.74, 6) is 2.20. The number of carbonyl (C=O) groups is 1. The second-order valence-electron chi connectivity index (χ2n) is 7.49. The maximum Gasteiger partial charge on any atom is 0.258 e. The maximum atomic E-state index is 11.4. The summed E-state index contributed by atoms with van der Waals surface area (Å²) in [6, 6.07) is 9.88. The quantitative estimate of drug-likeness (QED) is 0.560. The average Bonchev–Trinajstić information content (AvgIpc) is 3.34. The van der Waals surface area contributed by atoms with E-state index in [1.165, 1.54) is 11.3 Å². The van der Waals surface area contributed by atoms with E-state index in [1.54, 1.807) is 6.07 Å². The molecule has 0 saturated carbocycles. The molecule has 3 aromatic rings. The van der Waals surface area contributed by atoms with Gasteiger partial charge in [-0.05, 0) is 50.1 Å². The van der Waals surface area contributed by atoms with E-state index in [9.17, 15) is 4.79 Å². The Morgan fingerprint density at radius 3 is 2.84 bits per heavy atom. The van der Waals surface area contributed by atoms with Crippen molar-refractivity contribution in [2.24, 2.45) is 10.7 Å². The van der Waals surface area contributed by atoms with Crippen LogP contribution in [0.1, 0.15) is 63.2 Å². The molecule has 0 radical (unpaired) electrons. The average molecular weight is 438 g/mol. The number of hydrogen-bond acceptors (Lipinski definition) is 6. The molecule has 3 heterocycles. The van der Waals surface area contributed by atoms with Crippen LogP contribution in [0.5, 0.6) is 5.75 Å². The zero-order valence-electron chi connectivity index (χ0n) is 18.1. The molecule has 2 aromatic heterocycles. The number of aromatic nitrogens is 2. The molecule has 1 aromatic carbocycles. The number of nitrogens with two attached hydrogens (primary N) is 1. The van der Waals surface area contributed by atoms with Crippen LogP contribution in [0.3, 0.4) is 0 Å². The number of aryl methyl sites for hydroxylation is 2. The van der Waals surface area contributed by atoms with E-state index in [0.717, 1.165) is 57.6 Å². The zero-order valence-corrected chi connectivity index (χ0v) is 18.9. The minimum atomic E-state index is -0.390. The lowest BCUT2D eigenvalue weighted by atomic mass is 10.0. The summed E-state index contributed by atoms with van der Waals surface area (Å²) >= 11 is 1.43. The van der Waals surface area contributed by atoms with Gasteiger partial charge in [0, 0.05) is 17.7 Å². The van der Waals surface area contributed by atoms with Crippen LogP contribution < -0.4 is 15.9 Å². The van der Waals surface area contributed by atoms with Gasteiger partial charge in [-0.1, -0.05) is 13.0 Å². The van der Waals surface area contributed by atoms with E-state index in [1.807, 2.05) is 26.0 Å². The number of hydrogen-bond donors (Lipinski definition) is 2. The molecule has 8 heteroatoms. The van der Waals surface area contributed by atoms with Crippen LogP contribution in [0.25, 0.3) is 0 Å². The third-order valence-corrected chi connectivity index (χ3v) is 6.30. The van der Waals surface area contributed by atoms with Gasteiger partial charge in [-0.15, -0.1) is 11.3 Å². The fraction of sp³-hybridized carbons (Fsp3) is 0.348. The van der Waals surface area contributed by atoms with Crippen molar-refractivity contribution >= 4 is 23.1 Å². The number of carbonyl (C=O) groups excluding carboxylic acids is 1. The number of ether oxygens (including phenoxy) is 1. The second kappa shape index (κ2) is 8.93. The Labute approximate surface area is 185 Å². The molecule has 4 rings (SSSR count). The van der Waals surface area contributed by atoms with Gasteiger partial charge in [-0.3, -0.25) is 15.2 Å². The Morgan fingerprint density at radius 2 is 2.13 bits per heavy atom. The van der Waals surface area contributed by atoms with Crippen LogP contribution in [-0.2, 0) is 19.4 Å². The normalized spacial score (nSPS) is 12.8. The summed E-state index contributed by atoms with van der Waals surface area (Å²) in [5.41, 5.74) is 13.0. The van der Waals surface area contributed by atoms with Crippen LogP contribution in [0.15, 0.2) is 35.3 Å². The number of amides is 1. The molecule has 0 spiro atoms. The minimum Gasteiger partial charge on any atom is -0.493 e. The second-order valence-corrected chi connectivity index (χ2v) is 8.66. The molecule has 1 aliphatic heterocycles. The third-order valence-electron chi connectivity index (χ3n) is 5.20. The number of aliphatic imine (C=N–C) groups is 1. The predicted octanol–water partition coefficient (Wildman–Crippen LogP) is 3.80. The number of fused-ring (bicyclic) bond motifs is 1. The topological polar surface area (TPSA) is 94.5 Å². The molecule has 7 nitrogen and oxygen atoms in total. The number of nitrogens with one attached hydrogen (secondary N) is 1. The van der Waals surface area contributed by atoms with Crippen LogP contribution in [0.4, 0.5) is 0 Å². The van der Waals surface area contributed by atoms with Crippen molar-refractivity contribution in [2.75, 3.05) is 12.0 Å². The summed E-state index contributed by atoms with van der Waals surface area (Å²) in [6.45, 7) is 7.30. The Hall–Kier alpha value is -3.13. The maximum absolute atomic E-state index is 11.4. The first-order valence-corrected chi connectivity index (χ1v) is 11.3. The first-order valence-electron chi connectivity index (χ1n) is 10.5. The SMILES string of the molecule is CCCc1nc(C)c2n1NC(c1cc(Cc3ccc(C(N)=O)s3)ccc1OCC)=NC2. The van der Waals surface area contributed by atoms with Gasteiger partial charge in [0.05, 0.1) is 35.0 Å². The van der Waals surface area contributed by atoms with Crippen molar-refractivity contribution < 1.29 is 9.53 Å². The third kappa shape index (κ3) is 4.34. The highest BCUT2D eigenvalue weighted by Gasteiger charge is 2.22. The number of thiophene rings is 1. The molecule has 0 atom stereocenters. The summed E-state index contributed by atoms with van der Waals surface area (Å²) in [4.78, 5) is 22.6. The van der Waals surface area contributed by atoms with Crippen LogP contribution in [0.2, 0.25) is 0 Å². The van der Waals surface area contributed by atoms with Crippen molar-refractivity contribution in [3.05, 3.63) is 68.4 Å². The molecule has 3 N–H and O–H groups in total. The molecule has 0 aliphatic carbocycles. The van der Waals surface area contributed by atoms with E-state index in [0.29, 0.717) is 24.4 Å². The van der Waals surface area contributed by atoms with Crippen LogP contribution >= 0.6 is 11.3 Å². The summed E-state index contributed by atoms with van der Waals surface area (Å²) in [7, 11) is 0. The van der Waals surface area contributed by atoms with Crippen molar-refractivity contribution in [3.8, 4) is 5.75 Å². The van der Waals surface area contributed by atoms with Gasteiger partial charge in [-0.25, -0.2) is 9.66 Å². The number of imidazole rings is 1. The highest BCUT2D eigenvalue weighted by atomic mass is 32.1. The lowest BCUT2D eigenvalue weighted by molar-refractivity contribution is 0.100. The molecule has 0 saturated heterocycles. The molecular weight excluding hydrogens is 410 g/mol. The molecular formula is C23H27N5O2S. The molecule has 0 unspecified atom stereocenters. The van der Waals surface area contributed by atoms with E-state index in [-0.39, 0.29) is 0 Å². The van der Waals surface area contributed by atoms with Gasteiger partial charge in [0.15, 0.2) is 5.84 Å². The largest absolute Gasteiger partial charge is 0.493 e. The Kier molecular flexibility index (Phi) is 6.08. The van der Waals surface area contributed by atoms with Crippen molar-refractivity contribution in [1.82, 2.24) is 9.66 Å². The first kappa shape index (κ1) is 21.1. The number of rotatable bonds is 8. The van der Waals surface area contributed by atoms with Gasteiger partial charge >= 0.3 is 0 Å². The molecule has 1 amide bonds. The monoisotopic (exact) mass is 437 g/mol. The highest BCUT2D eigenvalue weighted by Crippen LogP contribution is 2.27. The molecule has 0 fully saturated rings. The van der Waals surface area contributed by atoms with E-state index < -0.39 is 5.91 Å². The number of amidine groups is 1. The first-order chi connectivity index (χ1) is 15.0. The summed E-state index contributed by atoms with van der Waals surface area (Å²) in [5, 5.41) is 0. The number of primary amides is 1. The Balaban J connectivity index is 1.65. The number of nitrogens with zero attached hydrogens (tertiary/aromatic N) is 3. The van der Waals surface area contributed by atoms with Crippen molar-refractivity contribution in [2.45, 2.75) is 46.6 Å². The fourth-order valence-corrected chi connectivity index (χ4v) is 4.63. The van der Waals surface area contributed by atoms with Gasteiger partial charge < -0.3 is 10.5 Å². The van der Waals surface area contributed by atoms with Crippen LogP contribution in [-0.4, -0.2) is 28.0 Å². The Bertz CT molecular complexity index is 1150. The smallest absolute Gasteiger partial charge is 0.258 e. The molecule has 162 valence electrons. The molecule has 1 aliphatic rings. The van der Waals surface area contributed by atoms with Gasteiger partial charge in [-0.2, -0.15) is 0 Å². The summed E-state index contributed by atoms with van der Waals surface area (Å²) in [6.07, 6.45) is 2.64. The van der Waals surface area contributed by atoms with Gasteiger partial charge in [0.1, 0.15) is 11.6 Å². The van der Waals surface area contributed by atoms with Gasteiger partial charge in [0.25, 0.3) is 5.91 Å². The lowest BCUT2D eigenvalue weighted by Gasteiger charge is -2.22. The number of benzene rings is 1. The van der Waals surface area contributed by atoms with Crippen molar-refractivity contribution in [3.63, 3.8) is 0 Å². The molecule has 31 heavy (non-hydrogen) atoms. The van der Waals surface area contributed by atoms with Crippen LogP contribution in [0, 0.1) is 6.92 Å². The zero-order chi connectivity index (χ0) is 22.0. The predicted molar refractivity (Wildman–Crippen MR) is 124 cm³/mol. The standard InChI is InChI=1S/C23H27N5O2S/c1-4-6-21-26-14(3)18-13-25-23(27-28(18)21)17-12-15(7-9-19(17)30-5-2)11-16-8-10-20(31-16)22(24)29/h7-10,12H,4-6,11,13H2,1-3H3,(H2,24,29)(H,25,27). The summed E-state index contributed by atoms with van der Waals surface area (Å²) < 4.78 is 7.97. The van der Waals surface area contributed by atoms with E-state index in [2.05, 4.69) is 29.2 Å². The fourth-order valence-electron chi connectivity index (χ4n) is 3.73. The Morgan fingerprint density at radius 1 is 1.29 bits per heavy atom. The highest BCUT2D eigenvalue weighted by molar-refractivity contribution is 7.14. The van der Waals surface area contributed by atoms with Crippen molar-refractivity contribution in [1.29, 1.82) is 0 Å². The minimum absolute atomic E-state index is 0.390. The molecule has 0 bridgehead atoms.